The molecule has 3 nitrogen and oxygen atoms in total. The minimum absolute atomic E-state index is 0.185. The maximum Gasteiger partial charge on any atom is 0.167 e. The summed E-state index contributed by atoms with van der Waals surface area (Å²) in [6, 6.07) is 0.959. The number of hydrogen-bond donors (Lipinski definition) is 0. The number of Topliss-reactive ketones (excluding diaryl/α,β-unsaturated/α-hetero) is 1. The first-order chi connectivity index (χ1) is 9.74. The highest BCUT2D eigenvalue weighted by Gasteiger charge is 2.46. The van der Waals surface area contributed by atoms with Crippen LogP contribution in [0, 0.1) is 5.92 Å². The maximum absolute atomic E-state index is 12.7. The highest BCUT2D eigenvalue weighted by atomic mass is 16.5. The number of likely N-dealkylation sites (N-methyl/N-ethyl adjacent to an activating group) is 1. The fraction of sp³-hybridized carbons (Fsp3) is 0.824. The molecule has 0 aromatic rings. The number of ether oxygens (including phenoxy) is 1. The SMILES string of the molecule is CN1C2CC[C@@H]1CC1=C2C(=O)C[C@@H](C2CCCCC2)O1. The maximum atomic E-state index is 12.7. The van der Waals surface area contributed by atoms with Gasteiger partial charge in [0.15, 0.2) is 5.78 Å². The lowest BCUT2D eigenvalue weighted by Crippen LogP contribution is -2.45. The van der Waals surface area contributed by atoms with Crippen molar-refractivity contribution in [2.24, 2.45) is 5.92 Å². The Morgan fingerprint density at radius 3 is 2.65 bits per heavy atom. The number of rotatable bonds is 1. The van der Waals surface area contributed by atoms with Crippen molar-refractivity contribution in [2.45, 2.75) is 76.0 Å². The Hall–Kier alpha value is -0.830. The second-order valence-electron chi connectivity index (χ2n) is 7.14. The monoisotopic (exact) mass is 275 g/mol. The van der Waals surface area contributed by atoms with Gasteiger partial charge in [-0.3, -0.25) is 9.69 Å². The highest BCUT2D eigenvalue weighted by molar-refractivity contribution is 5.98. The summed E-state index contributed by atoms with van der Waals surface area (Å²) in [6.07, 6.45) is 10.7. The molecule has 3 heteroatoms. The third-order valence-electron chi connectivity index (χ3n) is 6.05. The Labute approximate surface area is 121 Å². The van der Waals surface area contributed by atoms with Crippen LogP contribution >= 0.6 is 0 Å². The first kappa shape index (κ1) is 12.9. The van der Waals surface area contributed by atoms with Gasteiger partial charge in [0, 0.05) is 24.9 Å². The summed E-state index contributed by atoms with van der Waals surface area (Å²) in [6.45, 7) is 0. The molecule has 110 valence electrons. The van der Waals surface area contributed by atoms with Crippen LogP contribution in [0.4, 0.5) is 0 Å². The topological polar surface area (TPSA) is 29.5 Å². The van der Waals surface area contributed by atoms with E-state index in [9.17, 15) is 4.79 Å². The van der Waals surface area contributed by atoms with Gasteiger partial charge in [-0.1, -0.05) is 19.3 Å². The number of ketones is 1. The Balaban J connectivity index is 1.58. The molecule has 3 heterocycles. The van der Waals surface area contributed by atoms with Crippen LogP contribution in [0.25, 0.3) is 0 Å². The minimum Gasteiger partial charge on any atom is -0.493 e. The first-order valence-electron chi connectivity index (χ1n) is 8.39. The lowest BCUT2D eigenvalue weighted by Gasteiger charge is -2.41. The molecule has 1 aliphatic carbocycles. The van der Waals surface area contributed by atoms with Crippen molar-refractivity contribution >= 4 is 5.78 Å². The summed E-state index contributed by atoms with van der Waals surface area (Å²) in [4.78, 5) is 15.1. The molecule has 3 aliphatic heterocycles. The van der Waals surface area contributed by atoms with Gasteiger partial charge in [-0.2, -0.15) is 0 Å². The molecule has 0 amide bonds. The summed E-state index contributed by atoms with van der Waals surface area (Å²) in [7, 11) is 2.17. The number of nitrogens with zero attached hydrogens (tertiary/aromatic N) is 1. The van der Waals surface area contributed by atoms with E-state index in [0.717, 1.165) is 24.2 Å². The van der Waals surface area contributed by atoms with Gasteiger partial charge in [-0.05, 0) is 38.6 Å². The normalized spacial score (nSPS) is 38.9. The number of carbonyl (C=O) groups is 1. The van der Waals surface area contributed by atoms with Gasteiger partial charge in [-0.15, -0.1) is 0 Å². The lowest BCUT2D eigenvalue weighted by atomic mass is 9.80. The Kier molecular flexibility index (Phi) is 3.13. The number of fused-ring (bicyclic) bond motifs is 3. The summed E-state index contributed by atoms with van der Waals surface area (Å²) in [5.74, 6) is 2.08. The number of hydrogen-bond acceptors (Lipinski definition) is 3. The highest BCUT2D eigenvalue weighted by Crippen LogP contribution is 2.44. The van der Waals surface area contributed by atoms with Crippen LogP contribution in [0.15, 0.2) is 11.3 Å². The van der Waals surface area contributed by atoms with E-state index in [-0.39, 0.29) is 6.10 Å². The fourth-order valence-corrected chi connectivity index (χ4v) is 4.85. The molecule has 0 N–H and O–H groups in total. The van der Waals surface area contributed by atoms with Gasteiger partial charge in [0.05, 0.1) is 5.57 Å². The van der Waals surface area contributed by atoms with Gasteiger partial charge in [0.2, 0.25) is 0 Å². The van der Waals surface area contributed by atoms with Gasteiger partial charge >= 0.3 is 0 Å². The largest absolute Gasteiger partial charge is 0.493 e. The molecule has 2 fully saturated rings. The third kappa shape index (κ3) is 1.93. The first-order valence-corrected chi connectivity index (χ1v) is 8.39. The molecule has 1 unspecified atom stereocenters. The van der Waals surface area contributed by atoms with Crippen LogP contribution in [0.3, 0.4) is 0 Å². The van der Waals surface area contributed by atoms with E-state index >= 15 is 0 Å². The molecule has 2 bridgehead atoms. The quantitative estimate of drug-likeness (QED) is 0.736. The number of carbonyl (C=O) groups excluding carboxylic acids is 1. The van der Waals surface area contributed by atoms with E-state index in [0.29, 0.717) is 30.2 Å². The molecule has 1 saturated carbocycles. The Bertz CT molecular complexity index is 450. The standard InChI is InChI=1S/C17H25NO2/c1-18-12-7-8-13(18)17-14(19)10-15(20-16(17)9-12)11-5-3-2-4-6-11/h11-13,15H,2-10H2,1H3/t12-,13?,15+/m1/s1. The predicted octanol–water partition coefficient (Wildman–Crippen LogP) is 3.05. The molecule has 4 rings (SSSR count). The van der Waals surface area contributed by atoms with Gasteiger partial charge < -0.3 is 4.74 Å². The van der Waals surface area contributed by atoms with Crippen molar-refractivity contribution < 1.29 is 9.53 Å². The molecule has 0 aromatic carbocycles. The van der Waals surface area contributed by atoms with Crippen LogP contribution in [-0.4, -0.2) is 35.9 Å². The van der Waals surface area contributed by atoms with E-state index in [2.05, 4.69) is 11.9 Å². The average molecular weight is 275 g/mol. The molecule has 0 spiro atoms. The van der Waals surface area contributed by atoms with Gasteiger partial charge in [0.1, 0.15) is 11.9 Å². The molecule has 0 radical (unpaired) electrons. The molecule has 3 atom stereocenters. The summed E-state index contributed by atoms with van der Waals surface area (Å²) in [5.41, 5.74) is 1.04. The van der Waals surface area contributed by atoms with Crippen molar-refractivity contribution in [3.05, 3.63) is 11.3 Å². The zero-order chi connectivity index (χ0) is 13.7. The molecule has 1 saturated heterocycles. The molecule has 20 heavy (non-hydrogen) atoms. The Morgan fingerprint density at radius 1 is 1.05 bits per heavy atom. The third-order valence-corrected chi connectivity index (χ3v) is 6.05. The van der Waals surface area contributed by atoms with Crippen LogP contribution in [0.2, 0.25) is 0 Å². The minimum atomic E-state index is 0.185. The van der Waals surface area contributed by atoms with E-state index in [1.807, 2.05) is 0 Å². The van der Waals surface area contributed by atoms with E-state index < -0.39 is 0 Å². The molecule has 0 aromatic heterocycles. The second-order valence-corrected chi connectivity index (χ2v) is 7.14. The predicted molar refractivity (Wildman–Crippen MR) is 77.3 cm³/mol. The second kappa shape index (κ2) is 4.87. The average Bonchev–Trinajstić information content (AvgIpc) is 2.72. The van der Waals surface area contributed by atoms with Gasteiger partial charge in [-0.25, -0.2) is 0 Å². The van der Waals surface area contributed by atoms with E-state index in [4.69, 9.17) is 4.74 Å². The van der Waals surface area contributed by atoms with Crippen LogP contribution in [0.5, 0.6) is 0 Å². The molecule has 4 aliphatic rings. The van der Waals surface area contributed by atoms with Crippen LogP contribution in [-0.2, 0) is 9.53 Å². The smallest absolute Gasteiger partial charge is 0.167 e. The lowest BCUT2D eigenvalue weighted by molar-refractivity contribution is -0.123. The van der Waals surface area contributed by atoms with Crippen molar-refractivity contribution in [3.8, 4) is 0 Å². The van der Waals surface area contributed by atoms with Crippen molar-refractivity contribution in [1.29, 1.82) is 0 Å². The zero-order valence-corrected chi connectivity index (χ0v) is 12.4. The van der Waals surface area contributed by atoms with Crippen molar-refractivity contribution in [1.82, 2.24) is 4.90 Å². The zero-order valence-electron chi connectivity index (χ0n) is 12.4. The summed E-state index contributed by atoms with van der Waals surface area (Å²) >= 11 is 0. The molecular formula is C17H25NO2. The van der Waals surface area contributed by atoms with E-state index in [1.165, 1.54) is 38.5 Å². The molecular weight excluding hydrogens is 250 g/mol. The van der Waals surface area contributed by atoms with Crippen molar-refractivity contribution in [3.63, 3.8) is 0 Å². The van der Waals surface area contributed by atoms with Crippen molar-refractivity contribution in [2.75, 3.05) is 7.05 Å². The summed E-state index contributed by atoms with van der Waals surface area (Å²) < 4.78 is 6.36. The fourth-order valence-electron chi connectivity index (χ4n) is 4.85. The Morgan fingerprint density at radius 2 is 1.85 bits per heavy atom. The van der Waals surface area contributed by atoms with Gasteiger partial charge in [0.25, 0.3) is 0 Å². The van der Waals surface area contributed by atoms with Crippen LogP contribution < -0.4 is 0 Å². The summed E-state index contributed by atoms with van der Waals surface area (Å²) in [5, 5.41) is 0. The van der Waals surface area contributed by atoms with Crippen LogP contribution in [0.1, 0.15) is 57.8 Å². The van der Waals surface area contributed by atoms with E-state index in [1.54, 1.807) is 0 Å².